The Morgan fingerprint density at radius 3 is 2.68 bits per heavy atom. The third-order valence-corrected chi connectivity index (χ3v) is 3.90. The molecule has 2 aromatic carbocycles. The Kier molecular flexibility index (Phi) is 3.36. The van der Waals surface area contributed by atoms with Crippen LogP contribution in [0.25, 0.3) is 0 Å². The minimum Gasteiger partial charge on any atom is -0.392 e. The Morgan fingerprint density at radius 2 is 1.95 bits per heavy atom. The highest BCUT2D eigenvalue weighted by atomic mass is 16.3. The van der Waals surface area contributed by atoms with Crippen LogP contribution in [0.2, 0.25) is 0 Å². The molecule has 0 aromatic heterocycles. The molecule has 1 aliphatic rings. The fourth-order valence-corrected chi connectivity index (χ4v) is 2.97. The van der Waals surface area contributed by atoms with E-state index < -0.39 is 0 Å². The van der Waals surface area contributed by atoms with Crippen LogP contribution in [0.15, 0.2) is 48.5 Å². The monoisotopic (exact) mass is 253 g/mol. The number of nitrogens with zero attached hydrogens (tertiary/aromatic N) is 1. The van der Waals surface area contributed by atoms with E-state index in [9.17, 15) is 5.11 Å². The lowest BCUT2D eigenvalue weighted by Gasteiger charge is -2.33. The van der Waals surface area contributed by atoms with Crippen LogP contribution >= 0.6 is 0 Å². The van der Waals surface area contributed by atoms with Gasteiger partial charge in [-0.25, -0.2) is 0 Å². The smallest absolute Gasteiger partial charge is 0.0681 e. The van der Waals surface area contributed by atoms with Crippen molar-refractivity contribution in [3.05, 3.63) is 70.8 Å². The van der Waals surface area contributed by atoms with Gasteiger partial charge in [0.05, 0.1) is 6.61 Å². The van der Waals surface area contributed by atoms with Crippen molar-refractivity contribution in [1.82, 2.24) is 4.90 Å². The summed E-state index contributed by atoms with van der Waals surface area (Å²) in [5.74, 6) is 0.433. The summed E-state index contributed by atoms with van der Waals surface area (Å²) in [6, 6.07) is 17.0. The second kappa shape index (κ2) is 5.16. The Balaban J connectivity index is 2.05. The van der Waals surface area contributed by atoms with Crippen LogP contribution in [0.4, 0.5) is 0 Å². The average molecular weight is 253 g/mol. The van der Waals surface area contributed by atoms with E-state index in [1.165, 1.54) is 16.7 Å². The molecule has 0 fully saturated rings. The van der Waals surface area contributed by atoms with Crippen molar-refractivity contribution in [2.45, 2.75) is 19.1 Å². The van der Waals surface area contributed by atoms with E-state index in [1.807, 2.05) is 6.07 Å². The number of benzene rings is 2. The van der Waals surface area contributed by atoms with Gasteiger partial charge in [-0.05, 0) is 29.3 Å². The van der Waals surface area contributed by atoms with Gasteiger partial charge < -0.3 is 10.0 Å². The Bertz CT molecular complexity index is 565. The van der Waals surface area contributed by atoms with E-state index in [2.05, 4.69) is 54.4 Å². The third-order valence-electron chi connectivity index (χ3n) is 3.90. The number of aliphatic hydroxyl groups is 1. The molecular weight excluding hydrogens is 234 g/mol. The highest BCUT2D eigenvalue weighted by Crippen LogP contribution is 2.33. The number of likely N-dealkylation sites (N-methyl/N-ethyl adjacent to an activating group) is 1. The zero-order valence-electron chi connectivity index (χ0n) is 11.2. The molecule has 0 aliphatic carbocycles. The van der Waals surface area contributed by atoms with Crippen LogP contribution < -0.4 is 0 Å². The van der Waals surface area contributed by atoms with Gasteiger partial charge in [-0.1, -0.05) is 48.5 Å². The maximum Gasteiger partial charge on any atom is 0.0681 e. The van der Waals surface area contributed by atoms with Crippen molar-refractivity contribution in [2.24, 2.45) is 0 Å². The quantitative estimate of drug-likeness (QED) is 0.889. The SMILES string of the molecule is CN1Cc2cc(CO)ccc2C(c2ccccc2)C1. The first-order chi connectivity index (χ1) is 9.28. The van der Waals surface area contributed by atoms with Crippen LogP contribution in [0.3, 0.4) is 0 Å². The van der Waals surface area contributed by atoms with E-state index in [0.29, 0.717) is 5.92 Å². The number of hydrogen-bond donors (Lipinski definition) is 1. The molecule has 2 aromatic rings. The summed E-state index contributed by atoms with van der Waals surface area (Å²) >= 11 is 0. The van der Waals surface area contributed by atoms with Gasteiger partial charge >= 0.3 is 0 Å². The Hall–Kier alpha value is -1.64. The summed E-state index contributed by atoms with van der Waals surface area (Å²) in [7, 11) is 2.16. The lowest BCUT2D eigenvalue weighted by atomic mass is 9.84. The summed E-state index contributed by atoms with van der Waals surface area (Å²) in [5.41, 5.74) is 5.11. The predicted octanol–water partition coefficient (Wildman–Crippen LogP) is 2.76. The molecule has 1 heterocycles. The fourth-order valence-electron chi connectivity index (χ4n) is 2.97. The van der Waals surface area contributed by atoms with E-state index >= 15 is 0 Å². The number of aliphatic hydroxyl groups excluding tert-OH is 1. The molecule has 19 heavy (non-hydrogen) atoms. The maximum atomic E-state index is 9.27. The van der Waals surface area contributed by atoms with Crippen LogP contribution in [-0.4, -0.2) is 23.6 Å². The molecule has 1 atom stereocenters. The van der Waals surface area contributed by atoms with Crippen molar-refractivity contribution < 1.29 is 5.11 Å². The molecule has 0 amide bonds. The zero-order valence-corrected chi connectivity index (χ0v) is 11.2. The first-order valence-corrected chi connectivity index (χ1v) is 6.74. The number of rotatable bonds is 2. The van der Waals surface area contributed by atoms with E-state index in [-0.39, 0.29) is 6.61 Å². The molecule has 0 radical (unpaired) electrons. The van der Waals surface area contributed by atoms with Gasteiger partial charge in [0, 0.05) is 19.0 Å². The minimum absolute atomic E-state index is 0.118. The minimum atomic E-state index is 0.118. The molecular formula is C17H19NO. The van der Waals surface area contributed by atoms with Crippen LogP contribution in [0, 0.1) is 0 Å². The number of hydrogen-bond acceptors (Lipinski definition) is 2. The molecule has 2 heteroatoms. The van der Waals surface area contributed by atoms with E-state index in [4.69, 9.17) is 0 Å². The lowest BCUT2D eigenvalue weighted by Crippen LogP contribution is -2.31. The standard InChI is InChI=1S/C17H19NO/c1-18-10-15-9-13(12-19)7-8-16(15)17(11-18)14-5-3-2-4-6-14/h2-9,17,19H,10-12H2,1H3. The highest BCUT2D eigenvalue weighted by Gasteiger charge is 2.24. The molecule has 3 rings (SSSR count). The molecule has 2 nitrogen and oxygen atoms in total. The van der Waals surface area contributed by atoms with Crippen molar-refractivity contribution in [3.63, 3.8) is 0 Å². The molecule has 0 saturated heterocycles. The molecule has 0 spiro atoms. The molecule has 0 saturated carbocycles. The Morgan fingerprint density at radius 1 is 1.16 bits per heavy atom. The number of fused-ring (bicyclic) bond motifs is 1. The summed E-state index contributed by atoms with van der Waals surface area (Å²) in [6.45, 7) is 2.13. The Labute approximate surface area is 114 Å². The van der Waals surface area contributed by atoms with Gasteiger partial charge in [0.25, 0.3) is 0 Å². The van der Waals surface area contributed by atoms with E-state index in [0.717, 1.165) is 18.7 Å². The van der Waals surface area contributed by atoms with Gasteiger partial charge in [0.15, 0.2) is 0 Å². The second-order valence-corrected chi connectivity index (χ2v) is 5.35. The van der Waals surface area contributed by atoms with Gasteiger partial charge in [-0.15, -0.1) is 0 Å². The largest absolute Gasteiger partial charge is 0.392 e. The van der Waals surface area contributed by atoms with Crippen LogP contribution in [0.5, 0.6) is 0 Å². The average Bonchev–Trinajstić information content (AvgIpc) is 2.46. The van der Waals surface area contributed by atoms with Crippen molar-refractivity contribution in [2.75, 3.05) is 13.6 Å². The lowest BCUT2D eigenvalue weighted by molar-refractivity contribution is 0.278. The van der Waals surface area contributed by atoms with Crippen LogP contribution in [0.1, 0.15) is 28.2 Å². The molecule has 0 bridgehead atoms. The van der Waals surface area contributed by atoms with Crippen LogP contribution in [-0.2, 0) is 13.2 Å². The summed E-state index contributed by atoms with van der Waals surface area (Å²) < 4.78 is 0. The fraction of sp³-hybridized carbons (Fsp3) is 0.294. The summed E-state index contributed by atoms with van der Waals surface area (Å²) in [6.07, 6.45) is 0. The molecule has 1 N–H and O–H groups in total. The summed E-state index contributed by atoms with van der Waals surface area (Å²) in [4.78, 5) is 2.35. The normalized spacial score (nSPS) is 19.2. The van der Waals surface area contributed by atoms with Gasteiger partial charge in [-0.2, -0.15) is 0 Å². The highest BCUT2D eigenvalue weighted by molar-refractivity contribution is 5.42. The second-order valence-electron chi connectivity index (χ2n) is 5.35. The van der Waals surface area contributed by atoms with Gasteiger partial charge in [-0.3, -0.25) is 0 Å². The predicted molar refractivity (Wildman–Crippen MR) is 77.0 cm³/mol. The topological polar surface area (TPSA) is 23.5 Å². The molecule has 98 valence electrons. The van der Waals surface area contributed by atoms with Gasteiger partial charge in [0.1, 0.15) is 0 Å². The maximum absolute atomic E-state index is 9.27. The zero-order chi connectivity index (χ0) is 13.2. The molecule has 1 aliphatic heterocycles. The summed E-state index contributed by atoms with van der Waals surface area (Å²) in [5, 5.41) is 9.27. The first kappa shape index (κ1) is 12.4. The third kappa shape index (κ3) is 2.42. The van der Waals surface area contributed by atoms with Gasteiger partial charge in [0.2, 0.25) is 0 Å². The molecule has 1 unspecified atom stereocenters. The van der Waals surface area contributed by atoms with Crippen molar-refractivity contribution in [3.8, 4) is 0 Å². The van der Waals surface area contributed by atoms with Crippen molar-refractivity contribution >= 4 is 0 Å². The van der Waals surface area contributed by atoms with Crippen molar-refractivity contribution in [1.29, 1.82) is 0 Å². The first-order valence-electron chi connectivity index (χ1n) is 6.74. The van der Waals surface area contributed by atoms with E-state index in [1.54, 1.807) is 0 Å².